The fourth-order valence-electron chi connectivity index (χ4n) is 7.23. The van der Waals surface area contributed by atoms with Gasteiger partial charge in [-0.2, -0.15) is 11.8 Å². The second-order valence-corrected chi connectivity index (χ2v) is 19.1. The summed E-state index contributed by atoms with van der Waals surface area (Å²) in [4.78, 5) is 110. The average Bonchev–Trinajstić information content (AvgIpc) is 3.77. The van der Waals surface area contributed by atoms with Crippen molar-refractivity contribution < 1.29 is 58.8 Å². The van der Waals surface area contributed by atoms with Gasteiger partial charge in [0.15, 0.2) is 0 Å². The van der Waals surface area contributed by atoms with Gasteiger partial charge in [0, 0.05) is 19.4 Å². The molecule has 1 heterocycles. The number of aliphatic hydroxyl groups is 1. The lowest BCUT2D eigenvalue weighted by molar-refractivity contribution is -0.144. The molecule has 1 aliphatic heterocycles. The summed E-state index contributed by atoms with van der Waals surface area (Å²) >= 11 is 1.44. The molecule has 0 bridgehead atoms. The number of aromatic hydroxyl groups is 2. The number of aliphatic carboxylic acids is 1. The molecule has 0 aliphatic carbocycles. The van der Waals surface area contributed by atoms with E-state index in [9.17, 15) is 58.8 Å². The van der Waals surface area contributed by atoms with E-state index in [0.717, 1.165) is 0 Å². The Labute approximate surface area is 400 Å². The number of carboxylic acid groups (broad SMARTS) is 1. The van der Waals surface area contributed by atoms with Crippen LogP contribution in [-0.2, 0) is 51.2 Å². The molecular weight excluding hydrogens is 903 g/mol. The highest BCUT2D eigenvalue weighted by molar-refractivity contribution is 7.98. The molecular formula is C46H69N9O12S. The third-order valence-electron chi connectivity index (χ3n) is 11.3. The smallest absolute Gasteiger partial charge is 0.326 e. The molecule has 376 valence electrons. The molecule has 0 spiro atoms. The minimum absolute atomic E-state index is 0.0302. The van der Waals surface area contributed by atoms with Crippen LogP contribution in [0.5, 0.6) is 11.5 Å². The molecule has 1 saturated heterocycles. The summed E-state index contributed by atoms with van der Waals surface area (Å²) in [6, 6.07) is 3.75. The molecule has 68 heavy (non-hydrogen) atoms. The molecule has 2 aromatic rings. The molecule has 7 atom stereocenters. The third kappa shape index (κ3) is 17.3. The van der Waals surface area contributed by atoms with Crippen LogP contribution in [0.4, 0.5) is 0 Å². The Morgan fingerprint density at radius 1 is 0.735 bits per heavy atom. The van der Waals surface area contributed by atoms with Crippen molar-refractivity contribution in [3.63, 3.8) is 0 Å². The molecule has 1 fully saturated rings. The van der Waals surface area contributed by atoms with Crippen molar-refractivity contribution in [3.05, 3.63) is 59.7 Å². The van der Waals surface area contributed by atoms with Crippen LogP contribution in [0.25, 0.3) is 0 Å². The predicted octanol–water partition coefficient (Wildman–Crippen LogP) is -0.722. The molecule has 7 unspecified atom stereocenters. The number of carboxylic acids is 1. The van der Waals surface area contributed by atoms with Crippen LogP contribution in [0.3, 0.4) is 0 Å². The van der Waals surface area contributed by atoms with E-state index in [-0.39, 0.29) is 50.1 Å². The van der Waals surface area contributed by atoms with Crippen LogP contribution < -0.4 is 43.4 Å². The first-order valence-electron chi connectivity index (χ1n) is 22.5. The van der Waals surface area contributed by atoms with E-state index in [2.05, 4.69) is 31.9 Å². The van der Waals surface area contributed by atoms with E-state index in [1.807, 2.05) is 6.26 Å². The minimum atomic E-state index is -1.71. The van der Waals surface area contributed by atoms with Crippen molar-refractivity contribution in [1.82, 2.24) is 36.8 Å². The molecule has 2 aromatic carbocycles. The van der Waals surface area contributed by atoms with Crippen molar-refractivity contribution in [1.29, 1.82) is 0 Å². The lowest BCUT2D eigenvalue weighted by Gasteiger charge is -2.32. The molecule has 1 aliphatic rings. The normalized spacial score (nSPS) is 16.5. The Kier molecular flexibility index (Phi) is 21.5. The second kappa shape index (κ2) is 26.0. The Morgan fingerprint density at radius 2 is 1.28 bits per heavy atom. The lowest BCUT2D eigenvalue weighted by atomic mass is 9.99. The van der Waals surface area contributed by atoms with E-state index >= 15 is 0 Å². The van der Waals surface area contributed by atoms with Crippen LogP contribution in [0, 0.1) is 0 Å². The molecule has 3 rings (SSSR count). The van der Waals surface area contributed by atoms with Crippen molar-refractivity contribution in [2.45, 2.75) is 139 Å². The number of thioether (sulfide) groups is 1. The number of amides is 7. The van der Waals surface area contributed by atoms with E-state index in [4.69, 9.17) is 11.5 Å². The molecule has 0 radical (unpaired) electrons. The Balaban J connectivity index is 1.88. The number of nitrogens with two attached hydrogens (primary N) is 2. The zero-order valence-corrected chi connectivity index (χ0v) is 40.3. The summed E-state index contributed by atoms with van der Waals surface area (Å²) in [6.07, 6.45) is 1.76. The summed E-state index contributed by atoms with van der Waals surface area (Å²) in [6.45, 7) is 7.30. The maximum absolute atomic E-state index is 14.5. The standard InChI is InChI=1S/C46H69N9O12S/c1-26(56)36(40(62)49-33(24-27-12-16-29(57)17-13-27)38(60)54-46(4,5)44(67)52-32(42(64)65)10-7-8-21-47)53-39(61)35-11-9-22-55(35)41(63)34(25-28-14-18-30(58)19-15-28)50-37(59)31(20-23-68-6)51-43(66)45(2,3)48/h12-19,26,31-36,56-58H,7-11,20-25,47-48H2,1-6H3,(H,49,62)(H,50,59)(H,51,66)(H,52,67)(H,53,61)(H,54,60)(H,64,65). The summed E-state index contributed by atoms with van der Waals surface area (Å²) in [5.74, 6) is -6.35. The number of likely N-dealkylation sites (tertiary alicyclic amines) is 1. The van der Waals surface area contributed by atoms with Crippen LogP contribution in [0.15, 0.2) is 48.5 Å². The van der Waals surface area contributed by atoms with Gasteiger partial charge < -0.3 is 68.7 Å². The van der Waals surface area contributed by atoms with E-state index in [1.165, 1.54) is 87.7 Å². The molecule has 21 nitrogen and oxygen atoms in total. The number of carbonyl (C=O) groups is 8. The largest absolute Gasteiger partial charge is 0.508 e. The Bertz CT molecular complexity index is 2060. The van der Waals surface area contributed by atoms with E-state index in [1.54, 1.807) is 12.1 Å². The number of benzene rings is 2. The zero-order valence-electron chi connectivity index (χ0n) is 39.5. The van der Waals surface area contributed by atoms with Crippen LogP contribution in [0.2, 0.25) is 0 Å². The number of aliphatic hydroxyl groups excluding tert-OH is 1. The maximum Gasteiger partial charge on any atom is 0.326 e. The summed E-state index contributed by atoms with van der Waals surface area (Å²) < 4.78 is 0. The van der Waals surface area contributed by atoms with E-state index < -0.39 is 101 Å². The second-order valence-electron chi connectivity index (χ2n) is 18.1. The fourth-order valence-corrected chi connectivity index (χ4v) is 7.70. The summed E-state index contributed by atoms with van der Waals surface area (Å²) in [5, 5.41) is 55.9. The number of hydrogen-bond donors (Lipinski definition) is 12. The Morgan fingerprint density at radius 3 is 1.79 bits per heavy atom. The van der Waals surface area contributed by atoms with Crippen molar-refractivity contribution in [2.24, 2.45) is 11.5 Å². The monoisotopic (exact) mass is 971 g/mol. The number of unbranched alkanes of at least 4 members (excludes halogenated alkanes) is 1. The minimum Gasteiger partial charge on any atom is -0.508 e. The summed E-state index contributed by atoms with van der Waals surface area (Å²) in [5.41, 5.74) is 9.51. The highest BCUT2D eigenvalue weighted by Crippen LogP contribution is 2.22. The number of phenols is 2. The van der Waals surface area contributed by atoms with E-state index in [0.29, 0.717) is 42.7 Å². The number of rotatable bonds is 26. The number of phenolic OH excluding ortho intramolecular Hbond substituents is 2. The van der Waals surface area contributed by atoms with Gasteiger partial charge in [0.05, 0.1) is 11.6 Å². The molecule has 0 saturated carbocycles. The van der Waals surface area contributed by atoms with Crippen LogP contribution in [0.1, 0.15) is 84.3 Å². The molecule has 0 aromatic heterocycles. The number of nitrogens with one attached hydrogen (secondary N) is 6. The lowest BCUT2D eigenvalue weighted by Crippen LogP contribution is -2.63. The number of hydrogen-bond acceptors (Lipinski definition) is 14. The van der Waals surface area contributed by atoms with Gasteiger partial charge in [0.1, 0.15) is 53.3 Å². The zero-order chi connectivity index (χ0) is 50.9. The first-order chi connectivity index (χ1) is 31.9. The van der Waals surface area contributed by atoms with Gasteiger partial charge in [-0.05, 0) is 127 Å². The maximum atomic E-state index is 14.5. The first kappa shape index (κ1) is 56.4. The van der Waals surface area contributed by atoms with Gasteiger partial charge in [-0.1, -0.05) is 24.3 Å². The van der Waals surface area contributed by atoms with Crippen LogP contribution in [-0.4, -0.2) is 151 Å². The SMILES string of the molecule is CSCCC(NC(=O)C(C)(C)N)C(=O)NC(Cc1ccc(O)cc1)C(=O)N1CCCC1C(=O)NC(C(=O)NC(Cc1ccc(O)cc1)C(=O)NC(C)(C)C(=O)NC(CCCCN)C(=O)O)C(C)O. The molecule has 7 amide bonds. The third-order valence-corrected chi connectivity index (χ3v) is 11.9. The highest BCUT2D eigenvalue weighted by atomic mass is 32.2. The van der Waals surface area contributed by atoms with Gasteiger partial charge in [-0.15, -0.1) is 0 Å². The highest BCUT2D eigenvalue weighted by Gasteiger charge is 2.42. The quantitative estimate of drug-likeness (QED) is 0.0518. The van der Waals surface area contributed by atoms with Crippen molar-refractivity contribution in [3.8, 4) is 11.5 Å². The Hall–Kier alpha value is -5.97. The predicted molar refractivity (Wildman–Crippen MR) is 254 cm³/mol. The van der Waals surface area contributed by atoms with Gasteiger partial charge in [0.25, 0.3) is 0 Å². The van der Waals surface area contributed by atoms with Gasteiger partial charge in [0.2, 0.25) is 41.4 Å². The van der Waals surface area contributed by atoms with Crippen molar-refractivity contribution >= 4 is 59.1 Å². The van der Waals surface area contributed by atoms with Gasteiger partial charge in [-0.3, -0.25) is 33.6 Å². The average molecular weight is 972 g/mol. The number of nitrogens with zero attached hydrogens (tertiary/aromatic N) is 1. The van der Waals surface area contributed by atoms with Crippen molar-refractivity contribution in [2.75, 3.05) is 25.1 Å². The fraction of sp³-hybridized carbons (Fsp3) is 0.565. The van der Waals surface area contributed by atoms with Crippen LogP contribution >= 0.6 is 11.8 Å². The van der Waals surface area contributed by atoms with Gasteiger partial charge >= 0.3 is 5.97 Å². The topological polar surface area (TPSA) is 345 Å². The first-order valence-corrected chi connectivity index (χ1v) is 23.9. The molecule has 14 N–H and O–H groups in total. The summed E-state index contributed by atoms with van der Waals surface area (Å²) in [7, 11) is 0. The van der Waals surface area contributed by atoms with Gasteiger partial charge in [-0.25, -0.2) is 4.79 Å². The number of carbonyl (C=O) groups excluding carboxylic acids is 7. The molecule has 22 heteroatoms.